The van der Waals surface area contributed by atoms with Crippen molar-refractivity contribution in [2.75, 3.05) is 20.1 Å². The van der Waals surface area contributed by atoms with Gasteiger partial charge in [0.2, 0.25) is 0 Å². The van der Waals surface area contributed by atoms with Crippen LogP contribution in [-0.2, 0) is 0 Å². The van der Waals surface area contributed by atoms with Gasteiger partial charge in [0.1, 0.15) is 5.54 Å². The number of oxime groups is 1. The summed E-state index contributed by atoms with van der Waals surface area (Å²) in [5.74, 6) is -0.167. The Morgan fingerprint density at radius 3 is 2.48 bits per heavy atom. The maximum absolute atomic E-state index is 12.4. The van der Waals surface area contributed by atoms with Crippen LogP contribution >= 0.6 is 15.9 Å². The van der Waals surface area contributed by atoms with Crippen LogP contribution in [0.1, 0.15) is 23.2 Å². The molecule has 2 rings (SSSR count). The van der Waals surface area contributed by atoms with Crippen LogP contribution in [0.25, 0.3) is 0 Å². The van der Waals surface area contributed by atoms with E-state index in [0.29, 0.717) is 18.4 Å². The van der Waals surface area contributed by atoms with E-state index in [-0.39, 0.29) is 11.7 Å². The highest BCUT2D eigenvalue weighted by atomic mass is 79.9. The van der Waals surface area contributed by atoms with Gasteiger partial charge >= 0.3 is 0 Å². The van der Waals surface area contributed by atoms with Crippen molar-refractivity contribution in [1.29, 1.82) is 0 Å². The Bertz CT molecular complexity index is 536. The molecule has 0 spiro atoms. The lowest BCUT2D eigenvalue weighted by molar-refractivity contribution is 0.0886. The van der Waals surface area contributed by atoms with Gasteiger partial charge in [0.25, 0.3) is 5.91 Å². The van der Waals surface area contributed by atoms with Crippen LogP contribution in [0.3, 0.4) is 0 Å². The second-order valence-corrected chi connectivity index (χ2v) is 6.25. The van der Waals surface area contributed by atoms with Crippen LogP contribution < -0.4 is 11.1 Å². The molecule has 1 fully saturated rings. The molecule has 1 aliphatic heterocycles. The number of carbonyl (C=O) groups is 1. The summed E-state index contributed by atoms with van der Waals surface area (Å²) in [6.45, 7) is 1.55. The molecule has 1 aliphatic rings. The Kier molecular flexibility index (Phi) is 4.84. The number of amides is 1. The van der Waals surface area contributed by atoms with Gasteiger partial charge in [-0.3, -0.25) is 4.79 Å². The highest BCUT2D eigenvalue weighted by molar-refractivity contribution is 9.10. The summed E-state index contributed by atoms with van der Waals surface area (Å²) >= 11 is 3.34. The summed E-state index contributed by atoms with van der Waals surface area (Å²) in [6.07, 6.45) is 1.23. The molecule has 4 N–H and O–H groups in total. The number of hydrogen-bond acceptors (Lipinski definition) is 4. The minimum Gasteiger partial charge on any atom is -0.409 e. The first-order valence-corrected chi connectivity index (χ1v) is 7.51. The van der Waals surface area contributed by atoms with E-state index in [1.807, 2.05) is 7.05 Å². The largest absolute Gasteiger partial charge is 0.409 e. The van der Waals surface area contributed by atoms with Crippen molar-refractivity contribution in [3.63, 3.8) is 0 Å². The molecular weight excluding hydrogens is 336 g/mol. The van der Waals surface area contributed by atoms with Gasteiger partial charge in [-0.25, -0.2) is 0 Å². The van der Waals surface area contributed by atoms with Gasteiger partial charge in [0.05, 0.1) is 0 Å². The molecule has 6 nitrogen and oxygen atoms in total. The van der Waals surface area contributed by atoms with E-state index in [1.165, 1.54) is 0 Å². The van der Waals surface area contributed by atoms with Gasteiger partial charge in [0.15, 0.2) is 5.84 Å². The molecule has 7 heteroatoms. The smallest absolute Gasteiger partial charge is 0.252 e. The first-order chi connectivity index (χ1) is 9.97. The van der Waals surface area contributed by atoms with Crippen molar-refractivity contribution in [3.05, 3.63) is 34.3 Å². The number of hydrogen-bond donors (Lipinski definition) is 3. The lowest BCUT2D eigenvalue weighted by atomic mass is 9.86. The minimum atomic E-state index is -0.786. The average molecular weight is 355 g/mol. The van der Waals surface area contributed by atoms with Crippen LogP contribution in [0.15, 0.2) is 33.9 Å². The van der Waals surface area contributed by atoms with Crippen molar-refractivity contribution in [2.24, 2.45) is 10.9 Å². The SMILES string of the molecule is CN1CCC(NC(=O)c2ccc(Br)cc2)(/C(N)=N/O)CC1. The Labute approximate surface area is 132 Å². The van der Waals surface area contributed by atoms with Gasteiger partial charge in [0, 0.05) is 23.1 Å². The molecule has 114 valence electrons. The molecule has 1 saturated heterocycles. The van der Waals surface area contributed by atoms with Crippen molar-refractivity contribution in [2.45, 2.75) is 18.4 Å². The highest BCUT2D eigenvalue weighted by Gasteiger charge is 2.39. The monoisotopic (exact) mass is 354 g/mol. The lowest BCUT2D eigenvalue weighted by Crippen LogP contribution is -2.62. The fraction of sp³-hybridized carbons (Fsp3) is 0.429. The molecular formula is C14H19BrN4O2. The second-order valence-electron chi connectivity index (χ2n) is 5.33. The summed E-state index contributed by atoms with van der Waals surface area (Å²) < 4.78 is 0.907. The zero-order chi connectivity index (χ0) is 15.5. The van der Waals surface area contributed by atoms with Gasteiger partial charge in [-0.15, -0.1) is 0 Å². The number of nitrogens with zero attached hydrogens (tertiary/aromatic N) is 2. The number of rotatable bonds is 3. The van der Waals surface area contributed by atoms with Crippen LogP contribution in [0.2, 0.25) is 0 Å². The molecule has 0 aromatic heterocycles. The summed E-state index contributed by atoms with van der Waals surface area (Å²) in [5.41, 5.74) is 5.60. The third kappa shape index (κ3) is 3.54. The maximum atomic E-state index is 12.4. The maximum Gasteiger partial charge on any atom is 0.252 e. The normalized spacial score (nSPS) is 19.2. The highest BCUT2D eigenvalue weighted by Crippen LogP contribution is 2.23. The predicted octanol–water partition coefficient (Wildman–Crippen LogP) is 1.39. The fourth-order valence-corrected chi connectivity index (χ4v) is 2.70. The van der Waals surface area contributed by atoms with Gasteiger partial charge in [-0.2, -0.15) is 0 Å². The Morgan fingerprint density at radius 1 is 1.38 bits per heavy atom. The third-order valence-electron chi connectivity index (χ3n) is 3.90. The fourth-order valence-electron chi connectivity index (χ4n) is 2.43. The molecule has 0 unspecified atom stereocenters. The number of halogens is 1. The van der Waals surface area contributed by atoms with E-state index in [4.69, 9.17) is 10.9 Å². The summed E-state index contributed by atoms with van der Waals surface area (Å²) in [4.78, 5) is 14.5. The van der Waals surface area contributed by atoms with Gasteiger partial charge in [-0.05, 0) is 44.2 Å². The van der Waals surface area contributed by atoms with Crippen LogP contribution in [0.4, 0.5) is 0 Å². The Hall–Kier alpha value is -1.60. The Morgan fingerprint density at radius 2 is 1.95 bits per heavy atom. The van der Waals surface area contributed by atoms with Gasteiger partial charge < -0.3 is 21.2 Å². The summed E-state index contributed by atoms with van der Waals surface area (Å²) in [7, 11) is 2.01. The number of amidine groups is 1. The molecule has 1 aromatic carbocycles. The molecule has 0 saturated carbocycles. The Balaban J connectivity index is 2.19. The molecule has 1 amide bonds. The van der Waals surface area contributed by atoms with Crippen molar-refractivity contribution >= 4 is 27.7 Å². The second kappa shape index (κ2) is 6.44. The van der Waals surface area contributed by atoms with E-state index in [1.54, 1.807) is 24.3 Å². The van der Waals surface area contributed by atoms with E-state index in [9.17, 15) is 4.79 Å². The lowest BCUT2D eigenvalue weighted by Gasteiger charge is -2.40. The topological polar surface area (TPSA) is 91.0 Å². The molecule has 0 bridgehead atoms. The number of nitrogens with two attached hydrogens (primary N) is 1. The molecule has 0 aliphatic carbocycles. The van der Waals surface area contributed by atoms with E-state index in [2.05, 4.69) is 31.3 Å². The molecule has 1 heterocycles. The number of likely N-dealkylation sites (tertiary alicyclic amines) is 1. The standard InChI is InChI=1S/C14H19BrN4O2/c1-19-8-6-14(7-9-19,13(16)18-21)17-12(20)10-2-4-11(15)5-3-10/h2-5,21H,6-9H2,1H3,(H2,16,18)(H,17,20). The van der Waals surface area contributed by atoms with Crippen molar-refractivity contribution in [1.82, 2.24) is 10.2 Å². The van der Waals surface area contributed by atoms with E-state index in [0.717, 1.165) is 17.6 Å². The zero-order valence-corrected chi connectivity index (χ0v) is 13.4. The number of carbonyl (C=O) groups excluding carboxylic acids is 1. The van der Waals surface area contributed by atoms with Crippen LogP contribution in [-0.4, -0.2) is 47.5 Å². The zero-order valence-electron chi connectivity index (χ0n) is 11.8. The number of benzene rings is 1. The van der Waals surface area contributed by atoms with Gasteiger partial charge in [-0.1, -0.05) is 21.1 Å². The van der Waals surface area contributed by atoms with Crippen LogP contribution in [0, 0.1) is 0 Å². The molecule has 21 heavy (non-hydrogen) atoms. The summed E-state index contributed by atoms with van der Waals surface area (Å²) in [6, 6.07) is 7.07. The summed E-state index contributed by atoms with van der Waals surface area (Å²) in [5, 5.41) is 15.1. The minimum absolute atomic E-state index is 0.0565. The molecule has 0 atom stereocenters. The predicted molar refractivity (Wildman–Crippen MR) is 84.5 cm³/mol. The molecule has 0 radical (unpaired) electrons. The van der Waals surface area contributed by atoms with E-state index < -0.39 is 5.54 Å². The van der Waals surface area contributed by atoms with E-state index >= 15 is 0 Å². The van der Waals surface area contributed by atoms with Crippen molar-refractivity contribution in [3.8, 4) is 0 Å². The first-order valence-electron chi connectivity index (χ1n) is 6.71. The number of nitrogens with one attached hydrogen (secondary N) is 1. The average Bonchev–Trinajstić information content (AvgIpc) is 2.49. The number of piperidine rings is 1. The van der Waals surface area contributed by atoms with Crippen LogP contribution in [0.5, 0.6) is 0 Å². The molecule has 1 aromatic rings. The van der Waals surface area contributed by atoms with Crippen molar-refractivity contribution < 1.29 is 10.0 Å². The first kappa shape index (κ1) is 15.8. The quantitative estimate of drug-likeness (QED) is 0.331. The third-order valence-corrected chi connectivity index (χ3v) is 4.43.